The van der Waals surface area contributed by atoms with Crippen molar-refractivity contribution in [2.45, 2.75) is 46.3 Å². The molecule has 0 aromatic heterocycles. The summed E-state index contributed by atoms with van der Waals surface area (Å²) in [4.78, 5) is 48.8. The molecule has 0 saturated heterocycles. The molecule has 1 aliphatic rings. The number of ketones is 2. The van der Waals surface area contributed by atoms with Gasteiger partial charge in [0.2, 0.25) is 0 Å². The van der Waals surface area contributed by atoms with E-state index in [9.17, 15) is 19.2 Å². The van der Waals surface area contributed by atoms with E-state index < -0.39 is 35.0 Å². The average molecular weight is 408 g/mol. The number of carbonyl (C=O) groups is 4. The number of carbonyl (C=O) groups excluding carboxylic acids is 4. The van der Waals surface area contributed by atoms with Crippen molar-refractivity contribution in [2.24, 2.45) is 5.92 Å². The fourth-order valence-electron chi connectivity index (χ4n) is 3.49. The fourth-order valence-corrected chi connectivity index (χ4v) is 3.49. The van der Waals surface area contributed by atoms with E-state index in [2.05, 4.69) is 6.07 Å². The van der Waals surface area contributed by atoms with Crippen LogP contribution in [0.4, 0.5) is 0 Å². The van der Waals surface area contributed by atoms with Crippen molar-refractivity contribution in [1.82, 2.24) is 0 Å². The Morgan fingerprint density at radius 3 is 2.30 bits per heavy atom. The van der Waals surface area contributed by atoms with Gasteiger partial charge in [0.05, 0.1) is 0 Å². The number of hydrogen-bond acceptors (Lipinski definition) is 6. The largest absolute Gasteiger partial charge is 0.460 e. The molecule has 30 heavy (non-hydrogen) atoms. The number of Topliss-reactive ketones (excluding diaryl/α,β-unsaturated/α-hetero) is 2. The minimum Gasteiger partial charge on any atom is -0.460 e. The number of rotatable bonds is 6. The normalized spacial score (nSPS) is 13.1. The molecule has 0 amide bonds. The highest BCUT2D eigenvalue weighted by Gasteiger charge is 2.39. The Morgan fingerprint density at radius 1 is 0.967 bits per heavy atom. The molecule has 2 aromatic carbocycles. The molecule has 1 aliphatic carbocycles. The van der Waals surface area contributed by atoms with Crippen LogP contribution >= 0.6 is 0 Å². The number of hydrogen-bond donors (Lipinski definition) is 0. The molecule has 0 bridgehead atoms. The van der Waals surface area contributed by atoms with Crippen molar-refractivity contribution >= 4 is 23.5 Å². The van der Waals surface area contributed by atoms with Crippen molar-refractivity contribution in [3.63, 3.8) is 0 Å². The quantitative estimate of drug-likeness (QED) is 0.353. The zero-order chi connectivity index (χ0) is 22.1. The maximum atomic E-state index is 12.5. The molecule has 0 N–H and O–H groups in total. The third-order valence-corrected chi connectivity index (χ3v) is 4.82. The van der Waals surface area contributed by atoms with Gasteiger partial charge in [0.25, 0.3) is 5.78 Å². The predicted octanol–water partition coefficient (Wildman–Crippen LogP) is 3.42. The van der Waals surface area contributed by atoms with E-state index in [-0.39, 0.29) is 6.61 Å². The van der Waals surface area contributed by atoms with E-state index in [0.29, 0.717) is 6.42 Å². The minimum atomic E-state index is -1.83. The zero-order valence-corrected chi connectivity index (χ0v) is 17.5. The van der Waals surface area contributed by atoms with Crippen LogP contribution < -0.4 is 0 Å². The smallest absolute Gasteiger partial charge is 0.376 e. The molecule has 6 nitrogen and oxygen atoms in total. The Labute approximate surface area is 175 Å². The summed E-state index contributed by atoms with van der Waals surface area (Å²) in [5, 5.41) is 0. The van der Waals surface area contributed by atoms with Crippen LogP contribution in [0.5, 0.6) is 0 Å². The highest BCUT2D eigenvalue weighted by Crippen LogP contribution is 2.38. The molecule has 2 aromatic rings. The molecular formula is C24H24O6. The third kappa shape index (κ3) is 4.48. The first-order valence-corrected chi connectivity index (χ1v) is 9.72. The predicted molar refractivity (Wildman–Crippen MR) is 110 cm³/mol. The number of benzene rings is 2. The monoisotopic (exact) mass is 408 g/mol. The van der Waals surface area contributed by atoms with E-state index in [0.717, 1.165) is 29.2 Å². The third-order valence-electron chi connectivity index (χ3n) is 4.82. The molecule has 0 unspecified atom stereocenters. The first-order valence-electron chi connectivity index (χ1n) is 9.72. The summed E-state index contributed by atoms with van der Waals surface area (Å²) < 4.78 is 10.3. The number of ether oxygens (including phenoxy) is 2. The van der Waals surface area contributed by atoms with Gasteiger partial charge in [-0.3, -0.25) is 14.4 Å². The summed E-state index contributed by atoms with van der Waals surface area (Å²) in [6.07, 6.45) is 0.714. The Bertz CT molecular complexity index is 1030. The Morgan fingerprint density at radius 2 is 1.63 bits per heavy atom. The van der Waals surface area contributed by atoms with E-state index >= 15 is 0 Å². The first kappa shape index (κ1) is 21.4. The minimum absolute atomic E-state index is 0.0959. The highest BCUT2D eigenvalue weighted by molar-refractivity contribution is 6.43. The SMILES string of the molecule is CC(=O)[C@@H](C(=O)OCc1cccc2c1Cc1ccccc1-2)C(=O)C(=O)OC(C)(C)C. The van der Waals surface area contributed by atoms with Crippen molar-refractivity contribution < 1.29 is 28.7 Å². The lowest BCUT2D eigenvalue weighted by molar-refractivity contribution is -0.169. The summed E-state index contributed by atoms with van der Waals surface area (Å²) >= 11 is 0. The van der Waals surface area contributed by atoms with Crippen LogP contribution in [0.3, 0.4) is 0 Å². The molecule has 0 saturated carbocycles. The molecule has 0 fully saturated rings. The van der Waals surface area contributed by atoms with Crippen LogP contribution in [-0.4, -0.2) is 29.1 Å². The van der Waals surface area contributed by atoms with Gasteiger partial charge in [-0.1, -0.05) is 42.5 Å². The number of fused-ring (bicyclic) bond motifs is 3. The standard InChI is InChI=1S/C24H24O6/c1-14(25)20(21(26)23(28)30-24(2,3)4)22(27)29-13-16-9-7-11-18-17-10-6-5-8-15(17)12-19(16)18/h5-11,20H,12-13H2,1-4H3/t20-/m1/s1. The first-order chi connectivity index (χ1) is 14.1. The summed E-state index contributed by atoms with van der Waals surface area (Å²) in [5.74, 6) is -6.08. The summed E-state index contributed by atoms with van der Waals surface area (Å²) in [5.41, 5.74) is 4.33. The molecule has 156 valence electrons. The second kappa shape index (κ2) is 8.22. The van der Waals surface area contributed by atoms with Crippen LogP contribution in [0.1, 0.15) is 44.4 Å². The van der Waals surface area contributed by atoms with Crippen LogP contribution in [0.2, 0.25) is 0 Å². The van der Waals surface area contributed by atoms with Gasteiger partial charge in [0, 0.05) is 0 Å². The second-order valence-corrected chi connectivity index (χ2v) is 8.29. The molecule has 6 heteroatoms. The van der Waals surface area contributed by atoms with Gasteiger partial charge < -0.3 is 9.47 Å². The van der Waals surface area contributed by atoms with E-state index in [1.54, 1.807) is 20.8 Å². The Kier molecular flexibility index (Phi) is 5.87. The van der Waals surface area contributed by atoms with Crippen molar-refractivity contribution in [1.29, 1.82) is 0 Å². The van der Waals surface area contributed by atoms with E-state index in [1.807, 2.05) is 36.4 Å². The van der Waals surface area contributed by atoms with Gasteiger partial charge >= 0.3 is 11.9 Å². The van der Waals surface area contributed by atoms with Crippen molar-refractivity contribution in [2.75, 3.05) is 0 Å². The lowest BCUT2D eigenvalue weighted by atomic mass is 9.99. The Hall–Kier alpha value is -3.28. The van der Waals surface area contributed by atoms with Gasteiger partial charge in [-0.15, -0.1) is 0 Å². The molecule has 3 rings (SSSR count). The summed E-state index contributed by atoms with van der Waals surface area (Å²) in [6.45, 7) is 5.75. The van der Waals surface area contributed by atoms with Gasteiger partial charge in [-0.2, -0.15) is 0 Å². The Balaban J connectivity index is 1.74. The topological polar surface area (TPSA) is 86.7 Å². The van der Waals surface area contributed by atoms with E-state index in [4.69, 9.17) is 9.47 Å². The molecule has 0 aliphatic heterocycles. The molecule has 1 atom stereocenters. The van der Waals surface area contributed by atoms with Crippen LogP contribution in [0, 0.1) is 5.92 Å². The number of esters is 2. The van der Waals surface area contributed by atoms with Gasteiger partial charge in [0.15, 0.2) is 11.7 Å². The van der Waals surface area contributed by atoms with Crippen LogP contribution in [0.25, 0.3) is 11.1 Å². The lowest BCUT2D eigenvalue weighted by Crippen LogP contribution is -2.39. The van der Waals surface area contributed by atoms with Gasteiger partial charge in [-0.05, 0) is 61.9 Å². The highest BCUT2D eigenvalue weighted by atomic mass is 16.6. The van der Waals surface area contributed by atoms with Gasteiger partial charge in [-0.25, -0.2) is 4.79 Å². The molecule has 0 radical (unpaired) electrons. The summed E-state index contributed by atoms with van der Waals surface area (Å²) in [6, 6.07) is 13.8. The molecular weight excluding hydrogens is 384 g/mol. The van der Waals surface area contributed by atoms with Crippen molar-refractivity contribution in [3.05, 3.63) is 59.2 Å². The van der Waals surface area contributed by atoms with Gasteiger partial charge in [0.1, 0.15) is 12.2 Å². The van der Waals surface area contributed by atoms with Crippen LogP contribution in [0.15, 0.2) is 42.5 Å². The average Bonchev–Trinajstić information content (AvgIpc) is 3.04. The summed E-state index contributed by atoms with van der Waals surface area (Å²) in [7, 11) is 0. The zero-order valence-electron chi connectivity index (χ0n) is 17.5. The second-order valence-electron chi connectivity index (χ2n) is 8.29. The van der Waals surface area contributed by atoms with Crippen LogP contribution in [-0.2, 0) is 41.7 Å². The molecule has 0 heterocycles. The van der Waals surface area contributed by atoms with Crippen molar-refractivity contribution in [3.8, 4) is 11.1 Å². The fraction of sp³-hybridized carbons (Fsp3) is 0.333. The maximum Gasteiger partial charge on any atom is 0.376 e. The lowest BCUT2D eigenvalue weighted by Gasteiger charge is -2.20. The van der Waals surface area contributed by atoms with E-state index in [1.165, 1.54) is 5.56 Å². The molecule has 0 spiro atoms. The maximum absolute atomic E-state index is 12.5.